The van der Waals surface area contributed by atoms with Crippen LogP contribution >= 0.6 is 11.6 Å². The molecule has 3 rings (SSSR count). The predicted octanol–water partition coefficient (Wildman–Crippen LogP) is 4.07. The third-order valence-electron chi connectivity index (χ3n) is 3.25. The largest absolute Gasteiger partial charge is 0.402 e. The minimum atomic E-state index is -0.453. The lowest BCUT2D eigenvalue weighted by molar-refractivity contribution is -0.129. The molecule has 2 aromatic carbocycles. The number of cyclic esters (lactones) is 1. The minimum absolute atomic E-state index is 0.293. The van der Waals surface area contributed by atoms with Crippen molar-refractivity contribution in [2.45, 2.75) is 6.92 Å². The van der Waals surface area contributed by atoms with Crippen molar-refractivity contribution in [3.05, 3.63) is 76.4 Å². The molecule has 104 valence electrons. The molecule has 0 N–H and O–H groups in total. The summed E-state index contributed by atoms with van der Waals surface area (Å²) in [5, 5.41) is 0.582. The molecule has 0 fully saturated rings. The molecule has 0 bridgehead atoms. The highest BCUT2D eigenvalue weighted by atomic mass is 35.5. The van der Waals surface area contributed by atoms with Crippen LogP contribution in [0, 0.1) is 0 Å². The van der Waals surface area contributed by atoms with E-state index in [9.17, 15) is 4.79 Å². The van der Waals surface area contributed by atoms with Crippen molar-refractivity contribution in [3.63, 3.8) is 0 Å². The van der Waals surface area contributed by atoms with Gasteiger partial charge in [-0.3, -0.25) is 0 Å². The van der Waals surface area contributed by atoms with Gasteiger partial charge in [-0.25, -0.2) is 9.79 Å². The maximum atomic E-state index is 12.0. The second kappa shape index (κ2) is 5.54. The van der Waals surface area contributed by atoms with Crippen molar-refractivity contribution in [3.8, 4) is 0 Å². The Kier molecular flexibility index (Phi) is 3.59. The molecule has 4 heteroatoms. The van der Waals surface area contributed by atoms with Crippen LogP contribution in [-0.4, -0.2) is 11.9 Å². The summed E-state index contributed by atoms with van der Waals surface area (Å²) in [6, 6.07) is 16.7. The van der Waals surface area contributed by atoms with Crippen molar-refractivity contribution >= 4 is 29.0 Å². The smallest absolute Gasteiger partial charge is 0.364 e. The lowest BCUT2D eigenvalue weighted by atomic mass is 10.1. The summed E-state index contributed by atoms with van der Waals surface area (Å²) in [4.78, 5) is 16.4. The summed E-state index contributed by atoms with van der Waals surface area (Å²) >= 11 is 6.16. The Balaban J connectivity index is 2.06. The molecule has 0 spiro atoms. The van der Waals surface area contributed by atoms with Gasteiger partial charge < -0.3 is 4.74 Å². The van der Waals surface area contributed by atoms with Crippen molar-refractivity contribution in [1.82, 2.24) is 0 Å². The van der Waals surface area contributed by atoms with Gasteiger partial charge in [0.2, 0.25) is 5.90 Å². The first-order valence-electron chi connectivity index (χ1n) is 6.49. The van der Waals surface area contributed by atoms with E-state index in [0.29, 0.717) is 22.2 Å². The van der Waals surface area contributed by atoms with E-state index >= 15 is 0 Å². The van der Waals surface area contributed by atoms with Crippen LogP contribution in [0.25, 0.3) is 5.57 Å². The van der Waals surface area contributed by atoms with E-state index in [-0.39, 0.29) is 0 Å². The monoisotopic (exact) mass is 297 g/mol. The van der Waals surface area contributed by atoms with Crippen LogP contribution in [0.3, 0.4) is 0 Å². The number of carbonyl (C=O) groups is 1. The zero-order chi connectivity index (χ0) is 14.8. The third kappa shape index (κ3) is 2.60. The topological polar surface area (TPSA) is 38.7 Å². The molecule has 1 aliphatic heterocycles. The van der Waals surface area contributed by atoms with E-state index in [4.69, 9.17) is 16.3 Å². The molecule has 0 unspecified atom stereocenters. The number of halogens is 1. The number of hydrogen-bond donors (Lipinski definition) is 0. The highest BCUT2D eigenvalue weighted by Gasteiger charge is 2.26. The average Bonchev–Trinajstić information content (AvgIpc) is 2.90. The Labute approximate surface area is 127 Å². The summed E-state index contributed by atoms with van der Waals surface area (Å²) in [6.45, 7) is 1.81. The molecule has 21 heavy (non-hydrogen) atoms. The third-order valence-corrected chi connectivity index (χ3v) is 3.58. The molecular weight excluding hydrogens is 286 g/mol. The fourth-order valence-electron chi connectivity index (χ4n) is 2.14. The number of allylic oxidation sites excluding steroid dienone is 1. The van der Waals surface area contributed by atoms with Gasteiger partial charge in [0.15, 0.2) is 5.70 Å². The van der Waals surface area contributed by atoms with Crippen molar-refractivity contribution in [2.75, 3.05) is 0 Å². The highest BCUT2D eigenvalue weighted by molar-refractivity contribution is 6.32. The standard InChI is InChI=1S/C17H12ClNO2/c1-11(13-9-5-6-10-14(13)18)15-17(20)21-16(19-15)12-7-3-2-4-8-12/h2-10H,1H3/b15-11-. The molecular formula is C17H12ClNO2. The minimum Gasteiger partial charge on any atom is -0.402 e. The van der Waals surface area contributed by atoms with E-state index in [1.165, 1.54) is 0 Å². The quantitative estimate of drug-likeness (QED) is 0.619. The number of hydrogen-bond acceptors (Lipinski definition) is 3. The van der Waals surface area contributed by atoms with E-state index < -0.39 is 5.97 Å². The average molecular weight is 298 g/mol. The zero-order valence-electron chi connectivity index (χ0n) is 11.3. The molecule has 1 heterocycles. The van der Waals surface area contributed by atoms with Gasteiger partial charge >= 0.3 is 5.97 Å². The Morgan fingerprint density at radius 3 is 2.43 bits per heavy atom. The van der Waals surface area contributed by atoms with Crippen molar-refractivity contribution in [2.24, 2.45) is 4.99 Å². The molecule has 0 saturated carbocycles. The fraction of sp³-hybridized carbons (Fsp3) is 0.0588. The maximum absolute atomic E-state index is 12.0. The van der Waals surface area contributed by atoms with E-state index in [2.05, 4.69) is 4.99 Å². The van der Waals surface area contributed by atoms with Gasteiger partial charge in [-0.1, -0.05) is 48.0 Å². The number of carbonyl (C=O) groups excluding carboxylic acids is 1. The van der Waals surface area contributed by atoms with Crippen LogP contribution in [0.15, 0.2) is 65.3 Å². The first-order chi connectivity index (χ1) is 10.2. The lowest BCUT2D eigenvalue weighted by Crippen LogP contribution is -2.05. The number of ether oxygens (including phenoxy) is 1. The molecule has 0 atom stereocenters. The normalized spacial score (nSPS) is 16.5. The molecule has 0 saturated heterocycles. The van der Waals surface area contributed by atoms with Gasteiger partial charge in [-0.15, -0.1) is 0 Å². The van der Waals surface area contributed by atoms with Crippen LogP contribution in [-0.2, 0) is 9.53 Å². The number of aliphatic imine (C=N–C) groups is 1. The number of nitrogens with zero attached hydrogens (tertiary/aromatic N) is 1. The highest BCUT2D eigenvalue weighted by Crippen LogP contribution is 2.29. The first kappa shape index (κ1) is 13.6. The lowest BCUT2D eigenvalue weighted by Gasteiger charge is -2.04. The summed E-state index contributed by atoms with van der Waals surface area (Å²) in [7, 11) is 0. The van der Waals surface area contributed by atoms with Crippen LogP contribution in [0.5, 0.6) is 0 Å². The molecule has 0 aliphatic carbocycles. The van der Waals surface area contributed by atoms with Crippen LogP contribution < -0.4 is 0 Å². The van der Waals surface area contributed by atoms with Crippen molar-refractivity contribution < 1.29 is 9.53 Å². The van der Waals surface area contributed by atoms with Gasteiger partial charge in [-0.05, 0) is 36.3 Å². The predicted molar refractivity (Wildman–Crippen MR) is 83.1 cm³/mol. The van der Waals surface area contributed by atoms with Crippen LogP contribution in [0.2, 0.25) is 5.02 Å². The maximum Gasteiger partial charge on any atom is 0.364 e. The van der Waals surface area contributed by atoms with Crippen LogP contribution in [0.1, 0.15) is 18.1 Å². The Bertz CT molecular complexity index is 763. The van der Waals surface area contributed by atoms with Gasteiger partial charge in [-0.2, -0.15) is 0 Å². The SMILES string of the molecule is C/C(=C1/N=C(c2ccccc2)OC1=O)c1ccccc1Cl. The van der Waals surface area contributed by atoms with Gasteiger partial charge in [0.25, 0.3) is 0 Å². The number of rotatable bonds is 2. The van der Waals surface area contributed by atoms with Gasteiger partial charge in [0.1, 0.15) is 0 Å². The summed E-state index contributed by atoms with van der Waals surface area (Å²) in [5.74, 6) is -0.131. The molecule has 0 aromatic heterocycles. The molecule has 0 amide bonds. The summed E-state index contributed by atoms with van der Waals surface area (Å²) < 4.78 is 5.25. The van der Waals surface area contributed by atoms with Crippen molar-refractivity contribution in [1.29, 1.82) is 0 Å². The number of esters is 1. The Morgan fingerprint density at radius 1 is 1.05 bits per heavy atom. The molecule has 0 radical (unpaired) electrons. The second-order valence-corrected chi connectivity index (χ2v) is 5.03. The first-order valence-corrected chi connectivity index (χ1v) is 6.86. The number of benzene rings is 2. The van der Waals surface area contributed by atoms with Crippen LogP contribution in [0.4, 0.5) is 0 Å². The second-order valence-electron chi connectivity index (χ2n) is 4.63. The van der Waals surface area contributed by atoms with E-state index in [1.807, 2.05) is 55.5 Å². The Morgan fingerprint density at radius 2 is 1.71 bits per heavy atom. The van der Waals surface area contributed by atoms with Gasteiger partial charge in [0, 0.05) is 10.6 Å². The van der Waals surface area contributed by atoms with Gasteiger partial charge in [0.05, 0.1) is 0 Å². The summed E-state index contributed by atoms with van der Waals surface area (Å²) in [5.41, 5.74) is 2.55. The van der Waals surface area contributed by atoms with E-state index in [0.717, 1.165) is 11.1 Å². The molecule has 3 nitrogen and oxygen atoms in total. The Hall–Kier alpha value is -2.39. The molecule has 2 aromatic rings. The zero-order valence-corrected chi connectivity index (χ0v) is 12.1. The van der Waals surface area contributed by atoms with E-state index in [1.54, 1.807) is 6.07 Å². The molecule has 1 aliphatic rings. The fourth-order valence-corrected chi connectivity index (χ4v) is 2.42. The summed E-state index contributed by atoms with van der Waals surface area (Å²) in [6.07, 6.45) is 0.